The van der Waals surface area contributed by atoms with Crippen molar-refractivity contribution in [3.05, 3.63) is 18.0 Å². The van der Waals surface area contributed by atoms with Crippen molar-refractivity contribution in [1.29, 1.82) is 0 Å². The van der Waals surface area contributed by atoms with Gasteiger partial charge in [0, 0.05) is 30.5 Å². The second-order valence-corrected chi connectivity index (χ2v) is 6.07. The molecule has 0 aromatic carbocycles. The molecule has 0 bridgehead atoms. The van der Waals surface area contributed by atoms with Crippen molar-refractivity contribution in [2.24, 2.45) is 0 Å². The number of carbonyl (C=O) groups excluding carboxylic acids is 2. The van der Waals surface area contributed by atoms with Crippen molar-refractivity contribution in [2.75, 3.05) is 11.4 Å². The van der Waals surface area contributed by atoms with Crippen LogP contribution in [0.15, 0.2) is 12.4 Å². The highest BCUT2D eigenvalue weighted by molar-refractivity contribution is 6.06. The monoisotopic (exact) mass is 289 g/mol. The van der Waals surface area contributed by atoms with E-state index in [0.717, 1.165) is 12.1 Å². The van der Waals surface area contributed by atoms with E-state index in [1.807, 2.05) is 0 Å². The molecule has 112 valence electrons. The molecule has 2 N–H and O–H groups in total. The number of rotatable bonds is 4. The van der Waals surface area contributed by atoms with E-state index >= 15 is 0 Å². The number of carbonyl (C=O) groups is 2. The molecule has 1 aromatic heterocycles. The Balaban J connectivity index is 1.75. The van der Waals surface area contributed by atoms with E-state index in [1.165, 1.54) is 12.8 Å². The molecular formula is C14H19N5O2. The summed E-state index contributed by atoms with van der Waals surface area (Å²) in [6, 6.07) is 0.632. The molecule has 7 nitrogen and oxygen atoms in total. The predicted molar refractivity (Wildman–Crippen MR) is 76.5 cm³/mol. The van der Waals surface area contributed by atoms with Gasteiger partial charge in [0.25, 0.3) is 5.91 Å². The molecule has 2 amide bonds. The van der Waals surface area contributed by atoms with Gasteiger partial charge in [-0.25, -0.2) is 9.97 Å². The van der Waals surface area contributed by atoms with Crippen LogP contribution in [0.3, 0.4) is 0 Å². The zero-order valence-electron chi connectivity index (χ0n) is 12.2. The minimum atomic E-state index is -0.846. The third kappa shape index (κ3) is 2.87. The summed E-state index contributed by atoms with van der Waals surface area (Å²) in [5.41, 5.74) is 0.151. The fourth-order valence-corrected chi connectivity index (χ4v) is 2.23. The number of nitrogens with zero attached hydrogens (tertiary/aromatic N) is 3. The number of hydrogen-bond acceptors (Lipinski definition) is 6. The summed E-state index contributed by atoms with van der Waals surface area (Å²) >= 11 is 0. The summed E-state index contributed by atoms with van der Waals surface area (Å²) in [6.45, 7) is 4.33. The number of amides is 2. The molecule has 2 heterocycles. The second-order valence-electron chi connectivity index (χ2n) is 6.07. The number of nitrogens with one attached hydrogen (secondary N) is 2. The molecule has 1 saturated heterocycles. The standard InChI is InChI=1S/C14H19N5O2/c1-14(2)12(21)18-11(20)8-19(14)13-16-6-9(7-17-13)5-15-10-3-4-10/h6-7,10,15H,3-5,8H2,1-2H3,(H,18,20,21). The average Bonchev–Trinajstić information content (AvgIpc) is 3.26. The Bertz CT molecular complexity index is 565. The van der Waals surface area contributed by atoms with Crippen LogP contribution in [0.4, 0.5) is 5.95 Å². The van der Waals surface area contributed by atoms with Gasteiger partial charge in [-0.15, -0.1) is 0 Å². The zero-order valence-corrected chi connectivity index (χ0v) is 12.2. The SMILES string of the molecule is CC1(C)C(=O)NC(=O)CN1c1ncc(CNC2CC2)cn1. The number of anilines is 1. The lowest BCUT2D eigenvalue weighted by Crippen LogP contribution is -2.64. The van der Waals surface area contributed by atoms with Crippen molar-refractivity contribution in [3.63, 3.8) is 0 Å². The second kappa shape index (κ2) is 5.07. The largest absolute Gasteiger partial charge is 0.317 e. The molecule has 0 spiro atoms. The Morgan fingerprint density at radius 1 is 1.33 bits per heavy atom. The number of imide groups is 1. The van der Waals surface area contributed by atoms with Crippen molar-refractivity contribution in [2.45, 2.75) is 44.8 Å². The molecule has 1 aromatic rings. The van der Waals surface area contributed by atoms with Crippen LogP contribution in [0.2, 0.25) is 0 Å². The fraction of sp³-hybridized carbons (Fsp3) is 0.571. The maximum absolute atomic E-state index is 11.9. The van der Waals surface area contributed by atoms with E-state index in [2.05, 4.69) is 20.6 Å². The van der Waals surface area contributed by atoms with Crippen LogP contribution in [0.1, 0.15) is 32.3 Å². The lowest BCUT2D eigenvalue weighted by Gasteiger charge is -2.39. The molecule has 3 rings (SSSR count). The van der Waals surface area contributed by atoms with Crippen molar-refractivity contribution in [1.82, 2.24) is 20.6 Å². The Morgan fingerprint density at radius 2 is 2.00 bits per heavy atom. The minimum absolute atomic E-state index is 0.0818. The highest BCUT2D eigenvalue weighted by atomic mass is 16.2. The Morgan fingerprint density at radius 3 is 2.62 bits per heavy atom. The summed E-state index contributed by atoms with van der Waals surface area (Å²) in [6.07, 6.45) is 5.95. The van der Waals surface area contributed by atoms with Crippen LogP contribution in [0, 0.1) is 0 Å². The summed E-state index contributed by atoms with van der Waals surface area (Å²) in [5, 5.41) is 5.73. The van der Waals surface area contributed by atoms with Crippen molar-refractivity contribution in [3.8, 4) is 0 Å². The summed E-state index contributed by atoms with van der Waals surface area (Å²) in [5.74, 6) is -0.261. The lowest BCUT2D eigenvalue weighted by atomic mass is 9.99. The van der Waals surface area contributed by atoms with Crippen LogP contribution in [0.25, 0.3) is 0 Å². The van der Waals surface area contributed by atoms with Gasteiger partial charge in [0.05, 0.1) is 0 Å². The molecule has 7 heteroatoms. The maximum Gasteiger partial charge on any atom is 0.252 e. The van der Waals surface area contributed by atoms with E-state index in [0.29, 0.717) is 12.0 Å². The summed E-state index contributed by atoms with van der Waals surface area (Å²) in [7, 11) is 0. The predicted octanol–water partition coefficient (Wildman–Crippen LogP) is -0.0300. The van der Waals surface area contributed by atoms with Crippen molar-refractivity contribution < 1.29 is 9.59 Å². The van der Waals surface area contributed by atoms with Crippen LogP contribution in [0.5, 0.6) is 0 Å². The number of aromatic nitrogens is 2. The maximum atomic E-state index is 11.9. The smallest absolute Gasteiger partial charge is 0.252 e. The van der Waals surface area contributed by atoms with Gasteiger partial charge in [-0.05, 0) is 26.7 Å². The minimum Gasteiger partial charge on any atom is -0.317 e. The highest BCUT2D eigenvalue weighted by Gasteiger charge is 2.42. The Kier molecular flexibility index (Phi) is 3.36. The number of piperazine rings is 1. The number of hydrogen-bond donors (Lipinski definition) is 2. The molecule has 1 aliphatic carbocycles. The molecule has 0 atom stereocenters. The van der Waals surface area contributed by atoms with Gasteiger partial charge in [-0.3, -0.25) is 14.9 Å². The first-order valence-electron chi connectivity index (χ1n) is 7.13. The van der Waals surface area contributed by atoms with Crippen LogP contribution >= 0.6 is 0 Å². The molecule has 2 fully saturated rings. The lowest BCUT2D eigenvalue weighted by molar-refractivity contribution is -0.135. The Labute approximate surface area is 123 Å². The zero-order chi connectivity index (χ0) is 15.0. The first-order valence-corrected chi connectivity index (χ1v) is 7.13. The normalized spacial score (nSPS) is 21.3. The van der Waals surface area contributed by atoms with Crippen LogP contribution in [-0.4, -0.2) is 39.9 Å². The van der Waals surface area contributed by atoms with E-state index in [1.54, 1.807) is 31.1 Å². The highest BCUT2D eigenvalue weighted by Crippen LogP contribution is 2.23. The summed E-state index contributed by atoms with van der Waals surface area (Å²) < 4.78 is 0. The van der Waals surface area contributed by atoms with Gasteiger partial charge in [0.1, 0.15) is 12.1 Å². The molecule has 2 aliphatic rings. The van der Waals surface area contributed by atoms with Crippen LogP contribution in [-0.2, 0) is 16.1 Å². The van der Waals surface area contributed by atoms with Gasteiger partial charge in [-0.1, -0.05) is 0 Å². The van der Waals surface area contributed by atoms with Gasteiger partial charge < -0.3 is 10.2 Å². The van der Waals surface area contributed by atoms with Gasteiger partial charge in [0.15, 0.2) is 0 Å². The van der Waals surface area contributed by atoms with E-state index in [-0.39, 0.29) is 18.4 Å². The Hall–Kier alpha value is -2.02. The first kappa shape index (κ1) is 13.9. The summed E-state index contributed by atoms with van der Waals surface area (Å²) in [4.78, 5) is 33.7. The average molecular weight is 289 g/mol. The molecule has 1 saturated carbocycles. The van der Waals surface area contributed by atoms with Gasteiger partial charge in [0.2, 0.25) is 11.9 Å². The third-order valence-electron chi connectivity index (χ3n) is 3.89. The van der Waals surface area contributed by atoms with E-state index in [9.17, 15) is 9.59 Å². The first-order chi connectivity index (χ1) is 9.96. The van der Waals surface area contributed by atoms with Gasteiger partial charge in [-0.2, -0.15) is 0 Å². The topological polar surface area (TPSA) is 87.2 Å². The van der Waals surface area contributed by atoms with E-state index < -0.39 is 5.54 Å². The molecule has 0 radical (unpaired) electrons. The quantitative estimate of drug-likeness (QED) is 0.757. The van der Waals surface area contributed by atoms with Crippen LogP contribution < -0.4 is 15.5 Å². The molecule has 1 aliphatic heterocycles. The fourth-order valence-electron chi connectivity index (χ4n) is 2.23. The molecule has 0 unspecified atom stereocenters. The van der Waals surface area contributed by atoms with Crippen molar-refractivity contribution >= 4 is 17.8 Å². The van der Waals surface area contributed by atoms with Gasteiger partial charge >= 0.3 is 0 Å². The molecule has 21 heavy (non-hydrogen) atoms. The third-order valence-corrected chi connectivity index (χ3v) is 3.89. The molecular weight excluding hydrogens is 270 g/mol. The van der Waals surface area contributed by atoms with E-state index in [4.69, 9.17) is 0 Å².